The van der Waals surface area contributed by atoms with Gasteiger partial charge in [0.1, 0.15) is 0 Å². The lowest BCUT2D eigenvalue weighted by Crippen LogP contribution is -2.44. The van der Waals surface area contributed by atoms with Crippen LogP contribution in [-0.4, -0.2) is 4.57 Å². The topological polar surface area (TPSA) is 30.9 Å². The van der Waals surface area contributed by atoms with Gasteiger partial charge in [0.15, 0.2) is 0 Å². The summed E-state index contributed by atoms with van der Waals surface area (Å²) in [5.41, 5.74) is 8.95. The first kappa shape index (κ1) is 8.30. The van der Waals surface area contributed by atoms with Crippen LogP contribution in [0.5, 0.6) is 0 Å². The molecule has 2 nitrogen and oxygen atoms in total. The highest BCUT2D eigenvalue weighted by molar-refractivity contribution is 5.68. The molecule has 0 aromatic carbocycles. The summed E-state index contributed by atoms with van der Waals surface area (Å²) in [4.78, 5) is 0. The molecule has 2 heteroatoms. The predicted molar refractivity (Wildman–Crippen MR) is 58.4 cm³/mol. The first-order valence-corrected chi connectivity index (χ1v) is 5.49. The molecule has 2 heterocycles. The van der Waals surface area contributed by atoms with E-state index < -0.39 is 0 Å². The van der Waals surface area contributed by atoms with Crippen LogP contribution in [0.4, 0.5) is 0 Å². The highest BCUT2D eigenvalue weighted by Crippen LogP contribution is 2.34. The zero-order chi connectivity index (χ0) is 9.60. The molecule has 0 unspecified atom stereocenters. The number of rotatable bonds is 1. The van der Waals surface area contributed by atoms with Gasteiger partial charge in [-0.25, -0.2) is 0 Å². The van der Waals surface area contributed by atoms with Crippen LogP contribution in [0.25, 0.3) is 11.0 Å². The van der Waals surface area contributed by atoms with Crippen molar-refractivity contribution in [3.63, 3.8) is 0 Å². The van der Waals surface area contributed by atoms with Gasteiger partial charge in [0.25, 0.3) is 0 Å². The van der Waals surface area contributed by atoms with Crippen LogP contribution in [0, 0.1) is 0 Å². The van der Waals surface area contributed by atoms with E-state index in [0.717, 1.165) is 12.8 Å². The zero-order valence-electron chi connectivity index (χ0n) is 8.37. The van der Waals surface area contributed by atoms with Crippen molar-refractivity contribution in [3.05, 3.63) is 24.3 Å². The maximum Gasteiger partial charge on any atom is 0.0932 e. The molecule has 0 aliphatic heterocycles. The number of benzene rings is 1. The average molecular weight is 188 g/mol. The number of nitrogens with two attached hydrogens (primary N) is 1. The fourth-order valence-corrected chi connectivity index (χ4v) is 2.80. The summed E-state index contributed by atoms with van der Waals surface area (Å²) in [5, 5.41) is 0. The third-order valence-corrected chi connectivity index (χ3v) is 3.53. The lowest BCUT2D eigenvalue weighted by molar-refractivity contribution is 0.215. The Labute approximate surface area is 84.0 Å². The van der Waals surface area contributed by atoms with E-state index in [4.69, 9.17) is 5.73 Å². The number of hydrogen-bond donors (Lipinski definition) is 1. The average Bonchev–Trinajstić information content (AvgIpc) is 2.78. The van der Waals surface area contributed by atoms with E-state index in [0.29, 0.717) is 0 Å². The quantitative estimate of drug-likeness (QED) is 0.732. The van der Waals surface area contributed by atoms with E-state index in [1.165, 1.54) is 30.3 Å². The molecule has 2 aromatic heterocycles. The summed E-state index contributed by atoms with van der Waals surface area (Å²) in [7, 11) is 0. The lowest BCUT2D eigenvalue weighted by atomic mass is 9.89. The highest BCUT2D eigenvalue weighted by atomic mass is 15.2. The van der Waals surface area contributed by atoms with Crippen LogP contribution >= 0.6 is 0 Å². The maximum atomic E-state index is 6.49. The second-order valence-electron chi connectivity index (χ2n) is 4.52. The predicted octanol–water partition coefficient (Wildman–Crippen LogP) is 2.65. The second-order valence-corrected chi connectivity index (χ2v) is 4.52. The van der Waals surface area contributed by atoms with Crippen LogP contribution < -0.4 is 5.73 Å². The largest absolute Gasteiger partial charge is 0.323 e. The zero-order valence-corrected chi connectivity index (χ0v) is 8.37. The molecular weight excluding hydrogens is 172 g/mol. The van der Waals surface area contributed by atoms with Crippen LogP contribution in [0.2, 0.25) is 0 Å². The summed E-state index contributed by atoms with van der Waals surface area (Å²) < 4.78 is 2.33. The molecule has 1 fully saturated rings. The Kier molecular flexibility index (Phi) is 1.62. The molecule has 0 saturated heterocycles. The molecule has 2 N–H and O–H groups in total. The minimum absolute atomic E-state index is 0.101. The van der Waals surface area contributed by atoms with Gasteiger partial charge < -0.3 is 10.3 Å². The van der Waals surface area contributed by atoms with E-state index in [-0.39, 0.29) is 5.66 Å². The fourth-order valence-electron chi connectivity index (χ4n) is 2.80. The highest BCUT2D eigenvalue weighted by Gasteiger charge is 2.31. The van der Waals surface area contributed by atoms with E-state index >= 15 is 0 Å². The molecule has 0 amide bonds. The van der Waals surface area contributed by atoms with Crippen molar-refractivity contribution in [2.75, 3.05) is 0 Å². The van der Waals surface area contributed by atoms with E-state index in [2.05, 4.69) is 28.8 Å². The minimum atomic E-state index is -0.101. The molecule has 0 spiro atoms. The summed E-state index contributed by atoms with van der Waals surface area (Å²) in [6.45, 7) is 0. The van der Waals surface area contributed by atoms with Gasteiger partial charge in [-0.2, -0.15) is 0 Å². The van der Waals surface area contributed by atoms with Gasteiger partial charge in [0.2, 0.25) is 0 Å². The van der Waals surface area contributed by atoms with Crippen LogP contribution in [0.3, 0.4) is 0 Å². The first-order chi connectivity index (χ1) is 6.80. The molecule has 0 atom stereocenters. The Morgan fingerprint density at radius 1 is 0.929 bits per heavy atom. The standard InChI is InChI=1S/C12H16N2/c13-12(8-2-1-3-9-12)14-10-4-5-11(14)7-6-10/h4-7H,1-3,8-9,13H2. The number of fused-ring (bicyclic) bond motifs is 2. The Morgan fingerprint density at radius 2 is 1.43 bits per heavy atom. The Bertz CT molecular complexity index is 375. The molecule has 1 saturated carbocycles. The number of hydrogen-bond acceptors (Lipinski definition) is 1. The van der Waals surface area contributed by atoms with Crippen molar-refractivity contribution in [3.8, 4) is 0 Å². The van der Waals surface area contributed by atoms with Gasteiger partial charge in [-0.1, -0.05) is 6.42 Å². The summed E-state index contributed by atoms with van der Waals surface area (Å²) in [6.07, 6.45) is 6.14. The summed E-state index contributed by atoms with van der Waals surface area (Å²) in [6, 6.07) is 8.66. The van der Waals surface area contributed by atoms with Crippen molar-refractivity contribution >= 4 is 11.0 Å². The molecular formula is C12H16N2. The first-order valence-electron chi connectivity index (χ1n) is 5.49. The molecule has 14 heavy (non-hydrogen) atoms. The van der Waals surface area contributed by atoms with Gasteiger partial charge in [0.05, 0.1) is 5.66 Å². The maximum absolute atomic E-state index is 6.49. The van der Waals surface area contributed by atoms with Crippen molar-refractivity contribution in [1.82, 2.24) is 4.57 Å². The normalized spacial score (nSPS) is 21.8. The molecule has 1 aliphatic carbocycles. The van der Waals surface area contributed by atoms with Gasteiger partial charge in [-0.15, -0.1) is 0 Å². The van der Waals surface area contributed by atoms with E-state index in [9.17, 15) is 0 Å². The molecule has 1 aliphatic rings. The smallest absolute Gasteiger partial charge is 0.0932 e. The van der Waals surface area contributed by atoms with Crippen molar-refractivity contribution in [2.24, 2.45) is 5.73 Å². The van der Waals surface area contributed by atoms with Crippen molar-refractivity contribution in [1.29, 1.82) is 0 Å². The summed E-state index contributed by atoms with van der Waals surface area (Å²) in [5.74, 6) is 0. The van der Waals surface area contributed by atoms with Gasteiger partial charge >= 0.3 is 0 Å². The van der Waals surface area contributed by atoms with Gasteiger partial charge in [0, 0.05) is 11.0 Å². The Hall–Kier alpha value is -1.02. The number of nitrogens with zero attached hydrogens (tertiary/aromatic N) is 1. The Balaban J connectivity index is 2.08. The third kappa shape index (κ3) is 1.01. The molecule has 0 radical (unpaired) electrons. The molecule has 74 valence electrons. The van der Waals surface area contributed by atoms with Crippen LogP contribution in [0.1, 0.15) is 32.1 Å². The third-order valence-electron chi connectivity index (χ3n) is 3.53. The SMILES string of the molecule is NC1(n2c3ccc2cc3)CCCCC1. The van der Waals surface area contributed by atoms with Gasteiger partial charge in [-0.3, -0.25) is 0 Å². The summed E-state index contributed by atoms with van der Waals surface area (Å²) >= 11 is 0. The van der Waals surface area contributed by atoms with Crippen LogP contribution in [0.15, 0.2) is 24.3 Å². The second kappa shape index (κ2) is 2.74. The van der Waals surface area contributed by atoms with E-state index in [1.807, 2.05) is 0 Å². The van der Waals surface area contributed by atoms with E-state index in [1.54, 1.807) is 0 Å². The van der Waals surface area contributed by atoms with Crippen molar-refractivity contribution < 1.29 is 0 Å². The Morgan fingerprint density at radius 3 is 1.93 bits per heavy atom. The van der Waals surface area contributed by atoms with Crippen molar-refractivity contribution in [2.45, 2.75) is 37.8 Å². The molecule has 2 aromatic rings. The van der Waals surface area contributed by atoms with Crippen LogP contribution in [-0.2, 0) is 5.66 Å². The van der Waals surface area contributed by atoms with Gasteiger partial charge in [-0.05, 0) is 49.9 Å². The fraction of sp³-hybridized carbons (Fsp3) is 0.500. The monoisotopic (exact) mass is 188 g/mol. The minimum Gasteiger partial charge on any atom is -0.323 e. The lowest BCUT2D eigenvalue weighted by Gasteiger charge is -2.35. The number of aromatic nitrogens is 1. The molecule has 3 rings (SSSR count). The molecule has 2 bridgehead atoms.